The van der Waals surface area contributed by atoms with Gasteiger partial charge in [0.2, 0.25) is 0 Å². The summed E-state index contributed by atoms with van der Waals surface area (Å²) >= 11 is 0. The largest absolute Gasteiger partial charge is 0.508 e. The molecule has 14 heavy (non-hydrogen) atoms. The van der Waals surface area contributed by atoms with E-state index in [-0.39, 0.29) is 17.1 Å². The lowest BCUT2D eigenvalue weighted by Crippen LogP contribution is -2.05. The van der Waals surface area contributed by atoms with E-state index in [4.69, 9.17) is 15.3 Å². The first-order valence-corrected chi connectivity index (χ1v) is 3.92. The summed E-state index contributed by atoms with van der Waals surface area (Å²) < 4.78 is 0. The Balaban J connectivity index is 2.89. The molecule has 0 bridgehead atoms. The van der Waals surface area contributed by atoms with Gasteiger partial charge in [0, 0.05) is 6.07 Å². The summed E-state index contributed by atoms with van der Waals surface area (Å²) in [5, 5.41) is 35.9. The first-order chi connectivity index (χ1) is 6.49. The summed E-state index contributed by atoms with van der Waals surface area (Å²) in [5.41, 5.74) is 0.171. The molecule has 4 N–H and O–H groups in total. The molecule has 0 aliphatic carbocycles. The summed E-state index contributed by atoms with van der Waals surface area (Å²) in [5.74, 6) is -1.59. The number of carboxylic acids is 1. The number of aliphatic carboxylic acids is 1. The monoisotopic (exact) mass is 198 g/mol. The zero-order chi connectivity index (χ0) is 10.7. The molecule has 5 heteroatoms. The summed E-state index contributed by atoms with van der Waals surface area (Å²) in [7, 11) is 0. The number of carbonyl (C=O) groups is 1. The predicted octanol–water partition coefficient (Wildman–Crippen LogP) is 0.606. The Kier molecular flexibility index (Phi) is 2.93. The van der Waals surface area contributed by atoms with Crippen molar-refractivity contribution in [1.29, 1.82) is 0 Å². The van der Waals surface area contributed by atoms with Crippen molar-refractivity contribution >= 4 is 5.97 Å². The van der Waals surface area contributed by atoms with Crippen LogP contribution in [0.2, 0.25) is 0 Å². The maximum atomic E-state index is 10.3. The van der Waals surface area contributed by atoms with E-state index in [0.29, 0.717) is 0 Å². The number of aliphatic hydroxyl groups excluding tert-OH is 1. The Labute approximate surface area is 79.9 Å². The predicted molar refractivity (Wildman–Crippen MR) is 47.0 cm³/mol. The maximum absolute atomic E-state index is 10.3. The number of carboxylic acid groups (broad SMARTS) is 1. The van der Waals surface area contributed by atoms with Gasteiger partial charge in [-0.1, -0.05) is 0 Å². The molecule has 0 aliphatic heterocycles. The Bertz CT molecular complexity index is 327. The molecule has 0 heterocycles. The van der Waals surface area contributed by atoms with E-state index in [1.54, 1.807) is 0 Å². The van der Waals surface area contributed by atoms with Crippen LogP contribution in [0.15, 0.2) is 18.2 Å². The van der Waals surface area contributed by atoms with Gasteiger partial charge in [-0.3, -0.25) is 4.79 Å². The standard InChI is InChI=1S/C9H10O5/c10-6-1-5(2-7(11)3-6)8(12)4-9(13)14/h1-3,8,10-12H,4H2,(H,13,14). The van der Waals surface area contributed by atoms with Crippen molar-refractivity contribution in [3.05, 3.63) is 23.8 Å². The van der Waals surface area contributed by atoms with Gasteiger partial charge >= 0.3 is 5.97 Å². The Morgan fingerprint density at radius 1 is 1.21 bits per heavy atom. The molecule has 0 aromatic heterocycles. The second-order valence-corrected chi connectivity index (χ2v) is 2.90. The van der Waals surface area contributed by atoms with Gasteiger partial charge in [-0.05, 0) is 17.7 Å². The van der Waals surface area contributed by atoms with Crippen LogP contribution in [0.3, 0.4) is 0 Å². The molecular formula is C9H10O5. The van der Waals surface area contributed by atoms with Crippen molar-refractivity contribution in [3.8, 4) is 11.5 Å². The lowest BCUT2D eigenvalue weighted by atomic mass is 10.1. The topological polar surface area (TPSA) is 98.0 Å². The third kappa shape index (κ3) is 2.63. The molecule has 0 radical (unpaired) electrons. The number of phenolic OH excluding ortho intramolecular Hbond substituents is 2. The number of benzene rings is 1. The number of hydrogen-bond donors (Lipinski definition) is 4. The molecule has 1 aromatic rings. The maximum Gasteiger partial charge on any atom is 0.306 e. The van der Waals surface area contributed by atoms with Gasteiger partial charge in [-0.2, -0.15) is 0 Å². The second-order valence-electron chi connectivity index (χ2n) is 2.90. The minimum atomic E-state index is -1.23. The fourth-order valence-corrected chi connectivity index (χ4v) is 1.09. The number of aromatic hydroxyl groups is 2. The van der Waals surface area contributed by atoms with Gasteiger partial charge in [0.05, 0.1) is 12.5 Å². The van der Waals surface area contributed by atoms with Crippen molar-refractivity contribution < 1.29 is 25.2 Å². The molecule has 0 saturated carbocycles. The molecule has 0 aliphatic rings. The minimum Gasteiger partial charge on any atom is -0.508 e. The fraction of sp³-hybridized carbons (Fsp3) is 0.222. The van der Waals surface area contributed by atoms with Gasteiger partial charge in [0.1, 0.15) is 11.5 Å². The molecule has 0 saturated heterocycles. The van der Waals surface area contributed by atoms with E-state index >= 15 is 0 Å². The van der Waals surface area contributed by atoms with Crippen LogP contribution in [0.4, 0.5) is 0 Å². The number of hydrogen-bond acceptors (Lipinski definition) is 4. The zero-order valence-electron chi connectivity index (χ0n) is 7.21. The normalized spacial score (nSPS) is 12.4. The molecular weight excluding hydrogens is 188 g/mol. The Morgan fingerprint density at radius 2 is 1.71 bits per heavy atom. The van der Waals surface area contributed by atoms with Gasteiger partial charge in [-0.25, -0.2) is 0 Å². The minimum absolute atomic E-state index is 0.171. The molecule has 1 unspecified atom stereocenters. The van der Waals surface area contributed by atoms with Crippen LogP contribution in [-0.4, -0.2) is 26.4 Å². The van der Waals surface area contributed by atoms with Crippen molar-refractivity contribution in [2.24, 2.45) is 0 Å². The SMILES string of the molecule is O=C(O)CC(O)c1cc(O)cc(O)c1. The molecule has 1 atom stereocenters. The van der Waals surface area contributed by atoms with E-state index in [0.717, 1.165) is 6.07 Å². The summed E-state index contributed by atoms with van der Waals surface area (Å²) in [6.45, 7) is 0. The quantitative estimate of drug-likeness (QED) is 0.570. The van der Waals surface area contributed by atoms with Crippen LogP contribution in [-0.2, 0) is 4.79 Å². The van der Waals surface area contributed by atoms with Crippen LogP contribution in [0.5, 0.6) is 11.5 Å². The number of phenols is 2. The third-order valence-electron chi connectivity index (χ3n) is 1.68. The lowest BCUT2D eigenvalue weighted by molar-refractivity contribution is -0.139. The van der Waals surface area contributed by atoms with Gasteiger partial charge in [-0.15, -0.1) is 0 Å². The first kappa shape index (κ1) is 10.3. The van der Waals surface area contributed by atoms with Crippen LogP contribution < -0.4 is 0 Å². The molecule has 1 aromatic carbocycles. The van der Waals surface area contributed by atoms with E-state index in [9.17, 15) is 9.90 Å². The highest BCUT2D eigenvalue weighted by Crippen LogP contribution is 2.26. The molecule has 0 spiro atoms. The van der Waals surface area contributed by atoms with Crippen LogP contribution in [0, 0.1) is 0 Å². The van der Waals surface area contributed by atoms with E-state index < -0.39 is 18.5 Å². The van der Waals surface area contributed by atoms with E-state index in [2.05, 4.69) is 0 Å². The fourth-order valence-electron chi connectivity index (χ4n) is 1.09. The van der Waals surface area contributed by atoms with Crippen molar-refractivity contribution in [1.82, 2.24) is 0 Å². The van der Waals surface area contributed by atoms with Crippen molar-refractivity contribution in [2.45, 2.75) is 12.5 Å². The highest BCUT2D eigenvalue weighted by Gasteiger charge is 2.13. The van der Waals surface area contributed by atoms with Crippen molar-refractivity contribution in [3.63, 3.8) is 0 Å². The van der Waals surface area contributed by atoms with Gasteiger partial charge in [0.25, 0.3) is 0 Å². The molecule has 76 valence electrons. The summed E-state index contributed by atoms with van der Waals surface area (Å²) in [6.07, 6.45) is -1.70. The van der Waals surface area contributed by atoms with E-state index in [1.807, 2.05) is 0 Å². The van der Waals surface area contributed by atoms with Crippen LogP contribution in [0.1, 0.15) is 18.1 Å². The average Bonchev–Trinajstić information content (AvgIpc) is 2.00. The molecule has 0 fully saturated rings. The summed E-state index contributed by atoms with van der Waals surface area (Å²) in [4.78, 5) is 10.3. The Hall–Kier alpha value is -1.75. The average molecular weight is 198 g/mol. The van der Waals surface area contributed by atoms with Gasteiger partial charge in [0.15, 0.2) is 0 Å². The third-order valence-corrected chi connectivity index (χ3v) is 1.68. The summed E-state index contributed by atoms with van der Waals surface area (Å²) in [6, 6.07) is 3.50. The second kappa shape index (κ2) is 3.97. The molecule has 5 nitrogen and oxygen atoms in total. The van der Waals surface area contributed by atoms with E-state index in [1.165, 1.54) is 12.1 Å². The lowest BCUT2D eigenvalue weighted by Gasteiger charge is -2.08. The number of rotatable bonds is 3. The molecule has 1 rings (SSSR count). The van der Waals surface area contributed by atoms with Crippen LogP contribution in [0.25, 0.3) is 0 Å². The van der Waals surface area contributed by atoms with Gasteiger partial charge < -0.3 is 20.4 Å². The van der Waals surface area contributed by atoms with Crippen molar-refractivity contribution in [2.75, 3.05) is 0 Å². The smallest absolute Gasteiger partial charge is 0.306 e. The highest BCUT2D eigenvalue weighted by molar-refractivity contribution is 5.67. The Morgan fingerprint density at radius 3 is 2.14 bits per heavy atom. The zero-order valence-corrected chi connectivity index (χ0v) is 7.21. The molecule has 0 amide bonds. The number of aliphatic hydroxyl groups is 1. The van der Waals surface area contributed by atoms with Crippen LogP contribution >= 0.6 is 0 Å². The highest BCUT2D eigenvalue weighted by atomic mass is 16.4. The first-order valence-electron chi connectivity index (χ1n) is 3.92.